The fourth-order valence-electron chi connectivity index (χ4n) is 3.68. The monoisotopic (exact) mass is 459 g/mol. The van der Waals surface area contributed by atoms with E-state index in [1.54, 1.807) is 24.1 Å². The Balaban J connectivity index is 1.69. The first kappa shape index (κ1) is 23.7. The number of nitrogens with zero attached hydrogens (tertiary/aromatic N) is 2. The molecule has 2 aromatic rings. The molecule has 1 aliphatic rings. The van der Waals surface area contributed by atoms with Crippen LogP contribution in [0.25, 0.3) is 0 Å². The maximum Gasteiger partial charge on any atom is 0.242 e. The minimum Gasteiger partial charge on any atom is -0.495 e. The van der Waals surface area contributed by atoms with E-state index in [1.807, 2.05) is 32.0 Å². The van der Waals surface area contributed by atoms with Gasteiger partial charge in [-0.05, 0) is 49.2 Å². The van der Waals surface area contributed by atoms with Crippen LogP contribution in [0.2, 0.25) is 0 Å². The summed E-state index contributed by atoms with van der Waals surface area (Å²) in [4.78, 5) is 27.3. The first-order valence-electron chi connectivity index (χ1n) is 10.3. The van der Waals surface area contributed by atoms with Gasteiger partial charge in [0.15, 0.2) is 0 Å². The molecule has 0 bridgehead atoms. The zero-order chi connectivity index (χ0) is 23.6. The van der Waals surface area contributed by atoms with Crippen molar-refractivity contribution in [1.82, 2.24) is 9.62 Å². The van der Waals surface area contributed by atoms with E-state index in [0.29, 0.717) is 11.4 Å². The zero-order valence-corrected chi connectivity index (χ0v) is 19.8. The molecule has 3 rings (SSSR count). The van der Waals surface area contributed by atoms with Crippen molar-refractivity contribution in [2.75, 3.05) is 32.6 Å². The largest absolute Gasteiger partial charge is 0.495 e. The van der Waals surface area contributed by atoms with Gasteiger partial charge in [0.25, 0.3) is 0 Å². The van der Waals surface area contributed by atoms with Crippen molar-refractivity contribution in [3.63, 3.8) is 0 Å². The number of hydrogen-bond donors (Lipinski definition) is 1. The summed E-state index contributed by atoms with van der Waals surface area (Å²) in [6, 6.07) is 11.7. The number of hydrogen-bond acceptors (Lipinski definition) is 5. The van der Waals surface area contributed by atoms with Crippen molar-refractivity contribution in [2.24, 2.45) is 5.92 Å². The van der Waals surface area contributed by atoms with Crippen LogP contribution in [0, 0.1) is 12.8 Å². The van der Waals surface area contributed by atoms with Crippen LogP contribution in [0.3, 0.4) is 0 Å². The summed E-state index contributed by atoms with van der Waals surface area (Å²) in [5.41, 5.74) is 2.44. The molecular weight excluding hydrogens is 430 g/mol. The molecule has 1 aliphatic heterocycles. The molecule has 1 N–H and O–H groups in total. The van der Waals surface area contributed by atoms with Crippen molar-refractivity contribution >= 4 is 27.5 Å². The van der Waals surface area contributed by atoms with Crippen molar-refractivity contribution in [2.45, 2.75) is 31.2 Å². The van der Waals surface area contributed by atoms with Crippen LogP contribution in [-0.4, -0.2) is 52.3 Å². The fourth-order valence-corrected chi connectivity index (χ4v) is 4.58. The lowest BCUT2D eigenvalue weighted by atomic mass is 10.1. The number of sulfonamides is 1. The van der Waals surface area contributed by atoms with Gasteiger partial charge in [-0.2, -0.15) is 0 Å². The highest BCUT2D eigenvalue weighted by molar-refractivity contribution is 7.89. The third kappa shape index (κ3) is 4.78. The predicted molar refractivity (Wildman–Crippen MR) is 122 cm³/mol. The predicted octanol–water partition coefficient (Wildman–Crippen LogP) is 2.48. The zero-order valence-electron chi connectivity index (χ0n) is 19.0. The van der Waals surface area contributed by atoms with Crippen LogP contribution in [0.15, 0.2) is 47.4 Å². The third-order valence-corrected chi connectivity index (χ3v) is 7.47. The molecular formula is C23H29N3O5S. The highest BCUT2D eigenvalue weighted by Crippen LogP contribution is 2.34. The van der Waals surface area contributed by atoms with Gasteiger partial charge in [0.2, 0.25) is 21.8 Å². The van der Waals surface area contributed by atoms with Crippen LogP contribution < -0.4 is 15.0 Å². The van der Waals surface area contributed by atoms with Gasteiger partial charge in [-0.1, -0.05) is 18.2 Å². The summed E-state index contributed by atoms with van der Waals surface area (Å²) in [6.45, 7) is 4.03. The molecule has 0 spiro atoms. The number of benzene rings is 2. The highest BCUT2D eigenvalue weighted by Gasteiger charge is 2.36. The second kappa shape index (κ2) is 9.30. The number of amides is 2. The van der Waals surface area contributed by atoms with Crippen molar-refractivity contribution < 1.29 is 22.7 Å². The SMILES string of the molecule is COc1ccc(C)cc1N1CC(C(=O)NC(C)c2ccc(S(=O)(=O)N(C)C)cc2)CC1=O. The number of carbonyl (C=O) groups excluding carboxylic acids is 2. The van der Waals surface area contributed by atoms with E-state index in [4.69, 9.17) is 4.74 Å². The normalized spacial score (nSPS) is 17.5. The minimum absolute atomic E-state index is 0.121. The van der Waals surface area contributed by atoms with Gasteiger partial charge in [0, 0.05) is 27.1 Å². The lowest BCUT2D eigenvalue weighted by Gasteiger charge is -2.21. The number of aryl methyl sites for hydroxylation is 1. The Morgan fingerprint density at radius 2 is 1.84 bits per heavy atom. The smallest absolute Gasteiger partial charge is 0.242 e. The minimum atomic E-state index is -3.51. The third-order valence-electron chi connectivity index (χ3n) is 5.64. The van der Waals surface area contributed by atoms with Crippen LogP contribution in [-0.2, 0) is 19.6 Å². The molecule has 0 radical (unpaired) electrons. The fraction of sp³-hybridized carbons (Fsp3) is 0.391. The lowest BCUT2D eigenvalue weighted by Crippen LogP contribution is -2.34. The molecule has 32 heavy (non-hydrogen) atoms. The molecule has 1 saturated heterocycles. The van der Waals surface area contributed by atoms with Crippen LogP contribution >= 0.6 is 0 Å². The second-order valence-corrected chi connectivity index (χ2v) is 10.3. The molecule has 0 aromatic heterocycles. The van der Waals surface area contributed by atoms with Gasteiger partial charge in [-0.3, -0.25) is 9.59 Å². The Labute approximate surface area is 189 Å². The van der Waals surface area contributed by atoms with Gasteiger partial charge in [0.1, 0.15) is 5.75 Å². The van der Waals surface area contributed by atoms with E-state index in [2.05, 4.69) is 5.32 Å². The molecule has 0 aliphatic carbocycles. The average molecular weight is 460 g/mol. The molecule has 2 atom stereocenters. The van der Waals surface area contributed by atoms with Crippen LogP contribution in [0.1, 0.15) is 30.5 Å². The van der Waals surface area contributed by atoms with Crippen LogP contribution in [0.4, 0.5) is 5.69 Å². The van der Waals surface area contributed by atoms with Crippen LogP contribution in [0.5, 0.6) is 5.75 Å². The average Bonchev–Trinajstić information content (AvgIpc) is 3.15. The van der Waals surface area contributed by atoms with E-state index in [1.165, 1.54) is 26.2 Å². The van der Waals surface area contributed by atoms with Gasteiger partial charge in [0.05, 0.1) is 29.7 Å². The number of carbonyl (C=O) groups is 2. The van der Waals surface area contributed by atoms with Gasteiger partial charge >= 0.3 is 0 Å². The molecule has 2 aromatic carbocycles. The Kier molecular flexibility index (Phi) is 6.90. The summed E-state index contributed by atoms with van der Waals surface area (Å²) < 4.78 is 31.0. The van der Waals surface area contributed by atoms with Crippen molar-refractivity contribution in [1.29, 1.82) is 0 Å². The summed E-state index contributed by atoms with van der Waals surface area (Å²) >= 11 is 0. The van der Waals surface area contributed by atoms with E-state index >= 15 is 0 Å². The van der Waals surface area contributed by atoms with E-state index in [9.17, 15) is 18.0 Å². The first-order valence-corrected chi connectivity index (χ1v) is 11.8. The topological polar surface area (TPSA) is 96.0 Å². The molecule has 0 saturated carbocycles. The summed E-state index contributed by atoms with van der Waals surface area (Å²) in [7, 11) is 0.995. The molecule has 9 heteroatoms. The number of ether oxygens (including phenoxy) is 1. The number of anilines is 1. The standard InChI is InChI=1S/C23H29N3O5S/c1-15-6-11-21(31-5)20(12-15)26-14-18(13-22(26)27)23(28)24-16(2)17-7-9-19(10-8-17)32(29,30)25(3)4/h6-12,16,18H,13-14H2,1-5H3,(H,24,28). The summed E-state index contributed by atoms with van der Waals surface area (Å²) in [6.07, 6.45) is 0.121. The molecule has 1 heterocycles. The molecule has 2 amide bonds. The van der Waals surface area contributed by atoms with E-state index in [-0.39, 0.29) is 35.7 Å². The highest BCUT2D eigenvalue weighted by atomic mass is 32.2. The molecule has 8 nitrogen and oxygen atoms in total. The van der Waals surface area contributed by atoms with Crippen molar-refractivity contribution in [3.05, 3.63) is 53.6 Å². The van der Waals surface area contributed by atoms with Gasteiger partial charge < -0.3 is 15.0 Å². The Morgan fingerprint density at radius 1 is 1.19 bits per heavy atom. The number of rotatable bonds is 7. The Hall–Kier alpha value is -2.91. The van der Waals surface area contributed by atoms with Crippen molar-refractivity contribution in [3.8, 4) is 5.75 Å². The summed E-state index contributed by atoms with van der Waals surface area (Å²) in [5, 5.41) is 2.94. The summed E-state index contributed by atoms with van der Waals surface area (Å²) in [5.74, 6) is -0.236. The van der Waals surface area contributed by atoms with Gasteiger partial charge in [-0.25, -0.2) is 12.7 Å². The molecule has 2 unspecified atom stereocenters. The lowest BCUT2D eigenvalue weighted by molar-refractivity contribution is -0.126. The Bertz CT molecular complexity index is 1110. The number of methoxy groups -OCH3 is 1. The maximum absolute atomic E-state index is 12.9. The van der Waals surface area contributed by atoms with E-state index in [0.717, 1.165) is 15.4 Å². The maximum atomic E-state index is 12.9. The molecule has 1 fully saturated rings. The Morgan fingerprint density at radius 3 is 2.44 bits per heavy atom. The first-order chi connectivity index (χ1) is 15.0. The van der Waals surface area contributed by atoms with E-state index < -0.39 is 15.9 Å². The number of nitrogens with one attached hydrogen (secondary N) is 1. The second-order valence-electron chi connectivity index (χ2n) is 8.17. The van der Waals surface area contributed by atoms with Gasteiger partial charge in [-0.15, -0.1) is 0 Å². The molecule has 172 valence electrons. The quantitative estimate of drug-likeness (QED) is 0.686.